The molecule has 0 saturated heterocycles. The lowest BCUT2D eigenvalue weighted by Crippen LogP contribution is -2.15. The van der Waals surface area contributed by atoms with Gasteiger partial charge in [0.2, 0.25) is 0 Å². The number of thiazole rings is 1. The molecular weight excluding hydrogens is 260 g/mol. The molecule has 4 heteroatoms. The number of aryl methyl sites for hydroxylation is 1. The summed E-state index contributed by atoms with van der Waals surface area (Å²) >= 11 is 3.55. The van der Waals surface area contributed by atoms with E-state index in [-0.39, 0.29) is 11.3 Å². The number of nitrogens with zero attached hydrogens (tertiary/aromatic N) is 1. The number of aromatic nitrogens is 1. The summed E-state index contributed by atoms with van der Waals surface area (Å²) < 4.78 is 0. The van der Waals surface area contributed by atoms with E-state index in [1.54, 1.807) is 11.3 Å². The van der Waals surface area contributed by atoms with Gasteiger partial charge in [0.1, 0.15) is 5.01 Å². The van der Waals surface area contributed by atoms with E-state index in [0.717, 1.165) is 10.7 Å². The van der Waals surface area contributed by atoms with Crippen molar-refractivity contribution in [2.75, 3.05) is 6.54 Å². The number of rotatable bonds is 3. The SMILES string of the molecule is Cc1ccc(C(CN)c2nc(C(C)(C)C)cs2)s1. The molecule has 2 aromatic rings. The van der Waals surface area contributed by atoms with Crippen LogP contribution in [0.2, 0.25) is 0 Å². The highest BCUT2D eigenvalue weighted by atomic mass is 32.1. The van der Waals surface area contributed by atoms with Gasteiger partial charge in [0.25, 0.3) is 0 Å². The van der Waals surface area contributed by atoms with Crippen LogP contribution in [0.5, 0.6) is 0 Å². The fourth-order valence-electron chi connectivity index (χ4n) is 1.77. The molecule has 2 nitrogen and oxygen atoms in total. The lowest BCUT2D eigenvalue weighted by molar-refractivity contribution is 0.569. The second-order valence-electron chi connectivity index (χ2n) is 5.56. The van der Waals surface area contributed by atoms with Crippen molar-refractivity contribution in [1.82, 2.24) is 4.98 Å². The standard InChI is InChI=1S/C14H20N2S2/c1-9-5-6-11(18-9)10(7-15)13-16-12(8-17-13)14(2,3)4/h5-6,8,10H,7,15H2,1-4H3. The third-order valence-electron chi connectivity index (χ3n) is 2.93. The fraction of sp³-hybridized carbons (Fsp3) is 0.500. The molecular formula is C14H20N2S2. The third-order valence-corrected chi connectivity index (χ3v) is 5.00. The van der Waals surface area contributed by atoms with E-state index in [1.165, 1.54) is 9.75 Å². The van der Waals surface area contributed by atoms with Crippen molar-refractivity contribution in [3.05, 3.63) is 38.0 Å². The third kappa shape index (κ3) is 2.82. The molecule has 0 aliphatic heterocycles. The van der Waals surface area contributed by atoms with Crippen LogP contribution in [0.15, 0.2) is 17.5 Å². The molecule has 18 heavy (non-hydrogen) atoms. The van der Waals surface area contributed by atoms with Gasteiger partial charge in [-0.2, -0.15) is 0 Å². The Bertz CT molecular complexity index is 520. The fourth-order valence-corrected chi connectivity index (χ4v) is 4.02. The number of hydrogen-bond donors (Lipinski definition) is 1. The van der Waals surface area contributed by atoms with E-state index in [0.29, 0.717) is 6.54 Å². The molecule has 0 bridgehead atoms. The molecule has 0 saturated carbocycles. The first kappa shape index (κ1) is 13.7. The van der Waals surface area contributed by atoms with Crippen LogP contribution in [-0.2, 0) is 5.41 Å². The van der Waals surface area contributed by atoms with Gasteiger partial charge in [0, 0.05) is 27.1 Å². The summed E-state index contributed by atoms with van der Waals surface area (Å²) in [5.41, 5.74) is 7.21. The molecule has 2 N–H and O–H groups in total. The lowest BCUT2D eigenvalue weighted by atomic mass is 9.93. The molecule has 0 aliphatic rings. The van der Waals surface area contributed by atoms with Crippen LogP contribution >= 0.6 is 22.7 Å². The van der Waals surface area contributed by atoms with Crippen molar-refractivity contribution in [3.8, 4) is 0 Å². The lowest BCUT2D eigenvalue weighted by Gasteiger charge is -2.15. The summed E-state index contributed by atoms with van der Waals surface area (Å²) in [6.07, 6.45) is 0. The molecule has 2 rings (SSSR count). The quantitative estimate of drug-likeness (QED) is 0.926. The molecule has 1 atom stereocenters. The van der Waals surface area contributed by atoms with Crippen molar-refractivity contribution < 1.29 is 0 Å². The van der Waals surface area contributed by atoms with Crippen molar-refractivity contribution in [2.45, 2.75) is 39.0 Å². The molecule has 1 unspecified atom stereocenters. The van der Waals surface area contributed by atoms with Gasteiger partial charge in [-0.15, -0.1) is 22.7 Å². The highest BCUT2D eigenvalue weighted by Gasteiger charge is 2.22. The Kier molecular flexibility index (Phi) is 3.90. The van der Waals surface area contributed by atoms with E-state index in [2.05, 4.69) is 45.2 Å². The Labute approximate surface area is 117 Å². The minimum atomic E-state index is 0.110. The monoisotopic (exact) mass is 280 g/mol. The normalized spacial score (nSPS) is 13.8. The summed E-state index contributed by atoms with van der Waals surface area (Å²) in [7, 11) is 0. The number of hydrogen-bond acceptors (Lipinski definition) is 4. The van der Waals surface area contributed by atoms with E-state index in [4.69, 9.17) is 10.7 Å². The molecule has 98 valence electrons. The summed E-state index contributed by atoms with van der Waals surface area (Å²) in [5.74, 6) is 0.254. The zero-order valence-corrected chi connectivity index (χ0v) is 13.0. The minimum absolute atomic E-state index is 0.110. The Morgan fingerprint density at radius 3 is 2.50 bits per heavy atom. The predicted molar refractivity (Wildman–Crippen MR) is 80.8 cm³/mol. The summed E-state index contributed by atoms with van der Waals surface area (Å²) in [4.78, 5) is 7.44. The summed E-state index contributed by atoms with van der Waals surface area (Å²) in [6, 6.07) is 4.33. The number of nitrogens with two attached hydrogens (primary N) is 1. The van der Waals surface area contributed by atoms with Crippen LogP contribution < -0.4 is 5.73 Å². The Morgan fingerprint density at radius 2 is 2.06 bits per heavy atom. The van der Waals surface area contributed by atoms with Gasteiger partial charge in [-0.05, 0) is 19.1 Å². The molecule has 0 radical (unpaired) electrons. The predicted octanol–water partition coefficient (Wildman–Crippen LogP) is 3.90. The Balaban J connectivity index is 2.31. The average Bonchev–Trinajstić information content (AvgIpc) is 2.88. The van der Waals surface area contributed by atoms with Gasteiger partial charge in [0.15, 0.2) is 0 Å². The van der Waals surface area contributed by atoms with Crippen molar-refractivity contribution >= 4 is 22.7 Å². The maximum absolute atomic E-state index is 5.94. The van der Waals surface area contributed by atoms with Gasteiger partial charge in [-0.1, -0.05) is 20.8 Å². The van der Waals surface area contributed by atoms with Gasteiger partial charge in [0.05, 0.1) is 11.6 Å². The first-order valence-corrected chi connectivity index (χ1v) is 7.83. The Hall–Kier alpha value is -0.710. The first-order chi connectivity index (χ1) is 8.41. The molecule has 0 aliphatic carbocycles. The molecule has 0 amide bonds. The zero-order valence-electron chi connectivity index (χ0n) is 11.4. The van der Waals surface area contributed by atoms with Crippen LogP contribution in [0.1, 0.15) is 47.1 Å². The zero-order chi connectivity index (χ0) is 13.3. The molecule has 0 fully saturated rings. The molecule has 0 aromatic carbocycles. The second kappa shape index (κ2) is 5.11. The highest BCUT2D eigenvalue weighted by molar-refractivity contribution is 7.12. The molecule has 2 aromatic heterocycles. The smallest absolute Gasteiger partial charge is 0.102 e. The van der Waals surface area contributed by atoms with Gasteiger partial charge >= 0.3 is 0 Å². The maximum Gasteiger partial charge on any atom is 0.102 e. The largest absolute Gasteiger partial charge is 0.329 e. The van der Waals surface area contributed by atoms with Crippen LogP contribution in [0.3, 0.4) is 0 Å². The maximum atomic E-state index is 5.94. The van der Waals surface area contributed by atoms with E-state index < -0.39 is 0 Å². The van der Waals surface area contributed by atoms with Gasteiger partial charge in [-0.3, -0.25) is 0 Å². The minimum Gasteiger partial charge on any atom is -0.329 e. The first-order valence-electron chi connectivity index (χ1n) is 6.14. The van der Waals surface area contributed by atoms with Crippen molar-refractivity contribution in [3.63, 3.8) is 0 Å². The molecule has 0 spiro atoms. The van der Waals surface area contributed by atoms with Crippen molar-refractivity contribution in [1.29, 1.82) is 0 Å². The van der Waals surface area contributed by atoms with Crippen molar-refractivity contribution in [2.24, 2.45) is 5.73 Å². The van der Waals surface area contributed by atoms with Crippen LogP contribution in [0.25, 0.3) is 0 Å². The van der Waals surface area contributed by atoms with E-state index in [1.807, 2.05) is 11.3 Å². The van der Waals surface area contributed by atoms with Crippen LogP contribution in [0, 0.1) is 6.92 Å². The molecule has 2 heterocycles. The topological polar surface area (TPSA) is 38.9 Å². The highest BCUT2D eigenvalue weighted by Crippen LogP contribution is 2.33. The van der Waals surface area contributed by atoms with Crippen LogP contribution in [0.4, 0.5) is 0 Å². The van der Waals surface area contributed by atoms with E-state index in [9.17, 15) is 0 Å². The number of thiophene rings is 1. The second-order valence-corrected chi connectivity index (χ2v) is 7.77. The van der Waals surface area contributed by atoms with Gasteiger partial charge < -0.3 is 5.73 Å². The summed E-state index contributed by atoms with van der Waals surface area (Å²) in [5, 5.41) is 3.31. The Morgan fingerprint density at radius 1 is 1.33 bits per heavy atom. The van der Waals surface area contributed by atoms with Gasteiger partial charge in [-0.25, -0.2) is 4.98 Å². The van der Waals surface area contributed by atoms with Crippen LogP contribution in [-0.4, -0.2) is 11.5 Å². The average molecular weight is 280 g/mol. The van der Waals surface area contributed by atoms with E-state index >= 15 is 0 Å². The summed E-state index contributed by atoms with van der Waals surface area (Å²) in [6.45, 7) is 9.33.